The van der Waals surface area contributed by atoms with E-state index in [0.717, 1.165) is 5.56 Å². The molecule has 90 valence electrons. The third kappa shape index (κ3) is 2.27. The van der Waals surface area contributed by atoms with Gasteiger partial charge in [-0.3, -0.25) is 4.79 Å². The van der Waals surface area contributed by atoms with E-state index in [0.29, 0.717) is 22.6 Å². The van der Waals surface area contributed by atoms with Crippen molar-refractivity contribution in [3.63, 3.8) is 0 Å². The first-order chi connectivity index (χ1) is 8.61. The number of nitrogens with two attached hydrogens (primary N) is 1. The zero-order valence-corrected chi connectivity index (χ0v) is 9.97. The lowest BCUT2D eigenvalue weighted by molar-refractivity contribution is 0.101. The number of Topliss-reactive ketones (excluding diaryl/α,β-unsaturated/α-hetero) is 1. The predicted octanol–water partition coefficient (Wildman–Crippen LogP) is 2.53. The highest BCUT2D eigenvalue weighted by Gasteiger charge is 2.06. The second-order valence-electron chi connectivity index (χ2n) is 3.95. The number of ketones is 1. The number of carbonyl (C=O) groups excluding carboxylic acids is 1. The maximum absolute atomic E-state index is 11.3. The molecular weight excluding hydrogens is 226 g/mol. The van der Waals surface area contributed by atoms with Gasteiger partial charge in [0.1, 0.15) is 5.69 Å². The van der Waals surface area contributed by atoms with Crippen LogP contribution >= 0.6 is 0 Å². The Morgan fingerprint density at radius 2 is 2.11 bits per heavy atom. The molecule has 1 heterocycles. The van der Waals surface area contributed by atoms with E-state index in [2.05, 4.69) is 4.98 Å². The molecule has 4 nitrogen and oxygen atoms in total. The summed E-state index contributed by atoms with van der Waals surface area (Å²) in [6.07, 6.45) is 1.21. The predicted molar refractivity (Wildman–Crippen MR) is 72.0 cm³/mol. The van der Waals surface area contributed by atoms with Crippen molar-refractivity contribution in [1.29, 1.82) is 5.41 Å². The monoisotopic (exact) mass is 239 g/mol. The number of carbonyl (C=O) groups is 1. The zero-order valence-electron chi connectivity index (χ0n) is 9.97. The van der Waals surface area contributed by atoms with Gasteiger partial charge in [-0.1, -0.05) is 18.2 Å². The Balaban J connectivity index is 2.48. The molecule has 0 radical (unpaired) electrons. The van der Waals surface area contributed by atoms with Crippen molar-refractivity contribution >= 4 is 17.7 Å². The Hall–Kier alpha value is -2.49. The summed E-state index contributed by atoms with van der Waals surface area (Å²) in [7, 11) is 0. The van der Waals surface area contributed by atoms with Crippen LogP contribution in [0.5, 0.6) is 0 Å². The fourth-order valence-corrected chi connectivity index (χ4v) is 1.66. The molecule has 0 bridgehead atoms. The Kier molecular flexibility index (Phi) is 3.19. The first-order valence-corrected chi connectivity index (χ1v) is 5.50. The van der Waals surface area contributed by atoms with Gasteiger partial charge in [-0.2, -0.15) is 0 Å². The van der Waals surface area contributed by atoms with Crippen molar-refractivity contribution in [3.8, 4) is 11.3 Å². The number of pyridine rings is 1. The van der Waals surface area contributed by atoms with Gasteiger partial charge >= 0.3 is 0 Å². The van der Waals surface area contributed by atoms with Gasteiger partial charge in [0.05, 0.1) is 5.69 Å². The standard InChI is InChI=1S/C14H13N3O/c1-9(18)13-3-2-4-14(17-13)10-5-6-11(8-15)12(16)7-10/h2-8,15H,16H2,1H3. The van der Waals surface area contributed by atoms with Gasteiger partial charge in [0.25, 0.3) is 0 Å². The summed E-state index contributed by atoms with van der Waals surface area (Å²) in [6, 6.07) is 10.7. The molecule has 0 amide bonds. The number of nitrogen functional groups attached to an aromatic ring is 1. The minimum atomic E-state index is -0.0686. The van der Waals surface area contributed by atoms with Crippen LogP contribution in [0.3, 0.4) is 0 Å². The van der Waals surface area contributed by atoms with Crippen molar-refractivity contribution in [2.24, 2.45) is 0 Å². The van der Waals surface area contributed by atoms with Crippen molar-refractivity contribution < 1.29 is 4.79 Å². The van der Waals surface area contributed by atoms with Crippen molar-refractivity contribution in [1.82, 2.24) is 4.98 Å². The van der Waals surface area contributed by atoms with Gasteiger partial charge in [-0.15, -0.1) is 0 Å². The quantitative estimate of drug-likeness (QED) is 0.490. The summed E-state index contributed by atoms with van der Waals surface area (Å²) in [4.78, 5) is 15.6. The summed E-state index contributed by atoms with van der Waals surface area (Å²) in [5.74, 6) is -0.0686. The molecule has 1 aromatic heterocycles. The second-order valence-corrected chi connectivity index (χ2v) is 3.95. The number of nitrogens with zero attached hydrogens (tertiary/aromatic N) is 1. The van der Waals surface area contributed by atoms with E-state index in [-0.39, 0.29) is 5.78 Å². The number of nitrogens with one attached hydrogen (secondary N) is 1. The number of aromatic nitrogens is 1. The van der Waals surface area contributed by atoms with E-state index >= 15 is 0 Å². The highest BCUT2D eigenvalue weighted by molar-refractivity contribution is 5.92. The van der Waals surface area contributed by atoms with E-state index in [1.54, 1.807) is 24.3 Å². The van der Waals surface area contributed by atoms with Crippen LogP contribution in [0.15, 0.2) is 36.4 Å². The van der Waals surface area contributed by atoms with Crippen molar-refractivity contribution in [3.05, 3.63) is 47.7 Å². The van der Waals surface area contributed by atoms with E-state index in [4.69, 9.17) is 11.1 Å². The van der Waals surface area contributed by atoms with Crippen LogP contribution in [-0.2, 0) is 0 Å². The van der Waals surface area contributed by atoms with Gasteiger partial charge in [-0.05, 0) is 18.2 Å². The molecule has 3 N–H and O–H groups in total. The Morgan fingerprint density at radius 3 is 2.72 bits per heavy atom. The maximum atomic E-state index is 11.3. The molecule has 2 aromatic rings. The summed E-state index contributed by atoms with van der Waals surface area (Å²) in [5, 5.41) is 7.18. The molecule has 2 rings (SSSR count). The molecule has 0 saturated heterocycles. The normalized spacial score (nSPS) is 10.1. The minimum Gasteiger partial charge on any atom is -0.398 e. The summed E-state index contributed by atoms with van der Waals surface area (Å²) in [6.45, 7) is 1.48. The van der Waals surface area contributed by atoms with Crippen LogP contribution < -0.4 is 5.73 Å². The van der Waals surface area contributed by atoms with Crippen LogP contribution in [0, 0.1) is 5.41 Å². The summed E-state index contributed by atoms with van der Waals surface area (Å²) >= 11 is 0. The van der Waals surface area contributed by atoms with Gasteiger partial charge in [0.15, 0.2) is 5.78 Å². The topological polar surface area (TPSA) is 79.8 Å². The van der Waals surface area contributed by atoms with Gasteiger partial charge in [0, 0.05) is 30.0 Å². The Bertz CT molecular complexity index is 620. The summed E-state index contributed by atoms with van der Waals surface area (Å²) < 4.78 is 0. The Labute approximate surface area is 105 Å². The second kappa shape index (κ2) is 4.79. The molecule has 0 aliphatic carbocycles. The lowest BCUT2D eigenvalue weighted by Crippen LogP contribution is -1.98. The minimum absolute atomic E-state index is 0.0686. The fourth-order valence-electron chi connectivity index (χ4n) is 1.66. The number of benzene rings is 1. The van der Waals surface area contributed by atoms with Crippen LogP contribution in [0.2, 0.25) is 0 Å². The molecule has 0 spiro atoms. The molecule has 18 heavy (non-hydrogen) atoms. The smallest absolute Gasteiger partial charge is 0.178 e. The summed E-state index contributed by atoms with van der Waals surface area (Å²) in [5.41, 5.74) is 8.98. The highest BCUT2D eigenvalue weighted by atomic mass is 16.1. The van der Waals surface area contributed by atoms with E-state index in [1.807, 2.05) is 12.1 Å². The number of rotatable bonds is 3. The molecule has 0 saturated carbocycles. The Morgan fingerprint density at radius 1 is 1.33 bits per heavy atom. The molecular formula is C14H13N3O. The van der Waals surface area contributed by atoms with Crippen LogP contribution in [0.25, 0.3) is 11.3 Å². The molecule has 0 fully saturated rings. The lowest BCUT2D eigenvalue weighted by atomic mass is 10.1. The van der Waals surface area contributed by atoms with Crippen molar-refractivity contribution in [2.45, 2.75) is 6.92 Å². The first-order valence-electron chi connectivity index (χ1n) is 5.50. The molecule has 0 atom stereocenters. The number of hydrogen-bond donors (Lipinski definition) is 2. The van der Waals surface area contributed by atoms with Crippen molar-refractivity contribution in [2.75, 3.05) is 5.73 Å². The lowest BCUT2D eigenvalue weighted by Gasteiger charge is -2.05. The molecule has 0 aliphatic rings. The highest BCUT2D eigenvalue weighted by Crippen LogP contribution is 2.22. The van der Waals surface area contributed by atoms with Gasteiger partial charge in [0.2, 0.25) is 0 Å². The van der Waals surface area contributed by atoms with E-state index < -0.39 is 0 Å². The number of anilines is 1. The molecule has 1 aromatic carbocycles. The SMILES string of the molecule is CC(=O)c1cccc(-c2ccc(C=N)c(N)c2)n1. The molecule has 0 aliphatic heterocycles. The van der Waals surface area contributed by atoms with E-state index in [1.165, 1.54) is 13.1 Å². The largest absolute Gasteiger partial charge is 0.398 e. The van der Waals surface area contributed by atoms with Crippen LogP contribution in [-0.4, -0.2) is 17.0 Å². The third-order valence-corrected chi connectivity index (χ3v) is 2.65. The van der Waals surface area contributed by atoms with E-state index in [9.17, 15) is 4.79 Å². The van der Waals surface area contributed by atoms with Crippen LogP contribution in [0.1, 0.15) is 23.0 Å². The average Bonchev–Trinajstić information content (AvgIpc) is 2.38. The third-order valence-electron chi connectivity index (χ3n) is 2.65. The van der Waals surface area contributed by atoms with Gasteiger partial charge in [-0.25, -0.2) is 4.98 Å². The molecule has 4 heteroatoms. The fraction of sp³-hybridized carbons (Fsp3) is 0.0714. The maximum Gasteiger partial charge on any atom is 0.178 e. The molecule has 0 unspecified atom stereocenters. The first kappa shape index (κ1) is 12.0. The van der Waals surface area contributed by atoms with Gasteiger partial charge < -0.3 is 11.1 Å². The van der Waals surface area contributed by atoms with Crippen LogP contribution in [0.4, 0.5) is 5.69 Å². The zero-order chi connectivity index (χ0) is 13.1. The number of hydrogen-bond acceptors (Lipinski definition) is 4. The average molecular weight is 239 g/mol.